The average molecular weight is 575 g/mol. The maximum atomic E-state index is 5.05. The lowest BCUT2D eigenvalue weighted by atomic mass is 10.0. The fourth-order valence-electron chi connectivity index (χ4n) is 6.60. The van der Waals surface area contributed by atoms with E-state index in [0.717, 1.165) is 33.2 Å². The molecule has 0 spiro atoms. The van der Waals surface area contributed by atoms with E-state index in [1.807, 2.05) is 60.7 Å². The fourth-order valence-corrected chi connectivity index (χ4v) is 6.60. The Hall–Kier alpha value is -6.13. The summed E-state index contributed by atoms with van der Waals surface area (Å²) < 4.78 is 2.40. The van der Waals surface area contributed by atoms with E-state index in [0.29, 0.717) is 17.5 Å². The topological polar surface area (TPSA) is 43.6 Å². The highest BCUT2D eigenvalue weighted by Gasteiger charge is 2.19. The van der Waals surface area contributed by atoms with Gasteiger partial charge in [-0.1, -0.05) is 133 Å². The number of hydrogen-bond acceptors (Lipinski definition) is 3. The lowest BCUT2D eigenvalue weighted by Gasteiger charge is -2.15. The van der Waals surface area contributed by atoms with Gasteiger partial charge in [0.1, 0.15) is 0 Å². The second-order valence-electron chi connectivity index (χ2n) is 11.2. The predicted molar refractivity (Wildman–Crippen MR) is 185 cm³/mol. The molecule has 0 atom stereocenters. The van der Waals surface area contributed by atoms with Gasteiger partial charge < -0.3 is 4.57 Å². The Morgan fingerprint density at radius 3 is 1.62 bits per heavy atom. The first-order chi connectivity index (χ1) is 22.3. The Balaban J connectivity index is 1.32. The van der Waals surface area contributed by atoms with Crippen LogP contribution in [0.5, 0.6) is 0 Å². The zero-order chi connectivity index (χ0) is 29.7. The van der Waals surface area contributed by atoms with E-state index in [4.69, 9.17) is 15.0 Å². The molecule has 0 aliphatic heterocycles. The molecular formula is C41H26N4. The van der Waals surface area contributed by atoms with Gasteiger partial charge >= 0.3 is 0 Å². The lowest BCUT2D eigenvalue weighted by molar-refractivity contribution is 1.08. The number of para-hydroxylation sites is 1. The van der Waals surface area contributed by atoms with E-state index in [1.54, 1.807) is 0 Å². The summed E-state index contributed by atoms with van der Waals surface area (Å²) in [5.41, 5.74) is 6.37. The minimum atomic E-state index is 0.652. The zero-order valence-corrected chi connectivity index (χ0v) is 24.3. The molecule has 0 aliphatic rings. The molecule has 9 rings (SSSR count). The number of nitrogens with zero attached hydrogens (tertiary/aromatic N) is 4. The third-order valence-corrected chi connectivity index (χ3v) is 8.64. The molecule has 4 nitrogen and oxygen atoms in total. The number of fused-ring (bicyclic) bond motifs is 6. The second kappa shape index (κ2) is 10.2. The molecule has 0 bridgehead atoms. The summed E-state index contributed by atoms with van der Waals surface area (Å²) in [7, 11) is 0. The van der Waals surface area contributed by atoms with Crippen molar-refractivity contribution in [1.29, 1.82) is 0 Å². The molecule has 0 radical (unpaired) electrons. The van der Waals surface area contributed by atoms with Crippen LogP contribution in [0.25, 0.3) is 83.2 Å². The molecule has 0 N–H and O–H groups in total. The van der Waals surface area contributed by atoms with Gasteiger partial charge in [-0.15, -0.1) is 0 Å². The quantitative estimate of drug-likeness (QED) is 0.210. The van der Waals surface area contributed by atoms with Gasteiger partial charge in [0, 0.05) is 32.8 Å². The van der Waals surface area contributed by atoms with Crippen molar-refractivity contribution < 1.29 is 0 Å². The third kappa shape index (κ3) is 4.11. The van der Waals surface area contributed by atoms with Crippen molar-refractivity contribution in [3.05, 3.63) is 158 Å². The van der Waals surface area contributed by atoms with E-state index in [-0.39, 0.29) is 0 Å². The van der Waals surface area contributed by atoms with Crippen LogP contribution in [0, 0.1) is 0 Å². The number of hydrogen-bond donors (Lipinski definition) is 0. The monoisotopic (exact) mass is 574 g/mol. The molecule has 2 heterocycles. The highest BCUT2D eigenvalue weighted by molar-refractivity contribution is 6.22. The largest absolute Gasteiger partial charge is 0.309 e. The molecule has 0 saturated carbocycles. The normalized spacial score (nSPS) is 11.6. The van der Waals surface area contributed by atoms with E-state index < -0.39 is 0 Å². The Bertz CT molecular complexity index is 2470. The van der Waals surface area contributed by atoms with E-state index in [2.05, 4.69) is 102 Å². The molecule has 0 fully saturated rings. The van der Waals surface area contributed by atoms with E-state index >= 15 is 0 Å². The fraction of sp³-hybridized carbons (Fsp3) is 0. The van der Waals surface area contributed by atoms with E-state index in [9.17, 15) is 0 Å². The maximum absolute atomic E-state index is 5.05. The molecule has 45 heavy (non-hydrogen) atoms. The van der Waals surface area contributed by atoms with Gasteiger partial charge in [0.15, 0.2) is 17.5 Å². The van der Waals surface area contributed by atoms with Gasteiger partial charge in [0.25, 0.3) is 0 Å². The van der Waals surface area contributed by atoms with Crippen LogP contribution >= 0.6 is 0 Å². The lowest BCUT2D eigenvalue weighted by Crippen LogP contribution is -2.01. The standard InChI is InChI=1S/C41H26N4/c1-3-14-28(15-4-1)39-42-40(29-16-5-2-6-17-29)44-41(43-39)33-24-26-36(32-20-10-9-19-31(32)33)45-35-22-12-11-21-34(35)38-30-18-8-7-13-27(30)23-25-37(38)45/h1-26H. The Morgan fingerprint density at radius 2 is 0.911 bits per heavy atom. The van der Waals surface area contributed by atoms with Crippen LogP contribution < -0.4 is 0 Å². The van der Waals surface area contributed by atoms with Gasteiger partial charge in [-0.25, -0.2) is 15.0 Å². The first-order valence-corrected chi connectivity index (χ1v) is 15.1. The summed E-state index contributed by atoms with van der Waals surface area (Å²) in [4.78, 5) is 15.0. The Morgan fingerprint density at radius 1 is 0.356 bits per heavy atom. The van der Waals surface area contributed by atoms with E-state index in [1.165, 1.54) is 32.6 Å². The summed E-state index contributed by atoms with van der Waals surface area (Å²) in [6, 6.07) is 55.0. The first kappa shape index (κ1) is 25.4. The molecule has 9 aromatic rings. The molecule has 0 saturated heterocycles. The maximum Gasteiger partial charge on any atom is 0.164 e. The van der Waals surface area contributed by atoms with Crippen molar-refractivity contribution in [2.24, 2.45) is 0 Å². The Labute approximate surface area is 259 Å². The molecule has 7 aromatic carbocycles. The molecule has 0 amide bonds. The molecule has 210 valence electrons. The summed E-state index contributed by atoms with van der Waals surface area (Å²) >= 11 is 0. The minimum Gasteiger partial charge on any atom is -0.309 e. The second-order valence-corrected chi connectivity index (χ2v) is 11.2. The zero-order valence-electron chi connectivity index (χ0n) is 24.3. The van der Waals surface area contributed by atoms with Crippen molar-refractivity contribution in [1.82, 2.24) is 19.5 Å². The summed E-state index contributed by atoms with van der Waals surface area (Å²) in [6.07, 6.45) is 0. The third-order valence-electron chi connectivity index (χ3n) is 8.64. The van der Waals surface area contributed by atoms with Crippen LogP contribution in [0.15, 0.2) is 158 Å². The molecule has 4 heteroatoms. The SMILES string of the molecule is c1ccc(-c2nc(-c3ccccc3)nc(-c3ccc(-n4c5ccccc5c5c6ccccc6ccc54)c4ccccc34)n2)cc1. The van der Waals surface area contributed by atoms with Gasteiger partial charge in [0.2, 0.25) is 0 Å². The van der Waals surface area contributed by atoms with Crippen LogP contribution in [0.1, 0.15) is 0 Å². The van der Waals surface area contributed by atoms with Gasteiger partial charge in [-0.05, 0) is 40.4 Å². The molecule has 0 aliphatic carbocycles. The Kier molecular flexibility index (Phi) is 5.78. The van der Waals surface area contributed by atoms with Crippen molar-refractivity contribution in [3.8, 4) is 39.9 Å². The van der Waals surface area contributed by atoms with Crippen molar-refractivity contribution in [2.75, 3.05) is 0 Å². The van der Waals surface area contributed by atoms with Gasteiger partial charge in [-0.3, -0.25) is 0 Å². The predicted octanol–water partition coefficient (Wildman–Crippen LogP) is 10.3. The minimum absolute atomic E-state index is 0.652. The van der Waals surface area contributed by atoms with Crippen molar-refractivity contribution in [2.45, 2.75) is 0 Å². The van der Waals surface area contributed by atoms with Crippen LogP contribution in [0.3, 0.4) is 0 Å². The van der Waals surface area contributed by atoms with Gasteiger partial charge in [-0.2, -0.15) is 0 Å². The average Bonchev–Trinajstić information content (AvgIpc) is 3.46. The highest BCUT2D eigenvalue weighted by Crippen LogP contribution is 2.40. The summed E-state index contributed by atoms with van der Waals surface area (Å²) in [6.45, 7) is 0. The number of aromatic nitrogens is 4. The van der Waals surface area contributed by atoms with Crippen LogP contribution in [0.4, 0.5) is 0 Å². The van der Waals surface area contributed by atoms with Gasteiger partial charge in [0.05, 0.1) is 16.7 Å². The van der Waals surface area contributed by atoms with Crippen molar-refractivity contribution in [3.63, 3.8) is 0 Å². The summed E-state index contributed by atoms with van der Waals surface area (Å²) in [5.74, 6) is 1.96. The highest BCUT2D eigenvalue weighted by atomic mass is 15.0. The number of rotatable bonds is 4. The molecular weight excluding hydrogens is 548 g/mol. The summed E-state index contributed by atoms with van der Waals surface area (Å²) in [5, 5.41) is 7.24. The first-order valence-electron chi connectivity index (χ1n) is 15.1. The number of benzene rings is 7. The van der Waals surface area contributed by atoms with Crippen LogP contribution in [-0.4, -0.2) is 19.5 Å². The molecule has 2 aromatic heterocycles. The van der Waals surface area contributed by atoms with Crippen LogP contribution in [-0.2, 0) is 0 Å². The van der Waals surface area contributed by atoms with Crippen molar-refractivity contribution >= 4 is 43.4 Å². The van der Waals surface area contributed by atoms with Crippen LogP contribution in [0.2, 0.25) is 0 Å². The smallest absolute Gasteiger partial charge is 0.164 e. The molecule has 0 unspecified atom stereocenters.